The fourth-order valence-electron chi connectivity index (χ4n) is 3.33. The topological polar surface area (TPSA) is 40.5 Å². The number of likely N-dealkylation sites (tertiary alicyclic amines) is 1. The van der Waals surface area contributed by atoms with Crippen molar-refractivity contribution in [3.63, 3.8) is 0 Å². The van der Waals surface area contributed by atoms with Gasteiger partial charge < -0.3 is 19.7 Å². The van der Waals surface area contributed by atoms with E-state index in [0.717, 1.165) is 30.6 Å². The Bertz CT molecular complexity index is 690. The van der Waals surface area contributed by atoms with Gasteiger partial charge in [0.25, 0.3) is 0 Å². The van der Waals surface area contributed by atoms with E-state index in [4.69, 9.17) is 0 Å². The third-order valence-corrected chi connectivity index (χ3v) is 4.74. The summed E-state index contributed by atoms with van der Waals surface area (Å²) in [4.78, 5) is 16.6. The third kappa shape index (κ3) is 3.40. The van der Waals surface area contributed by atoms with E-state index in [2.05, 4.69) is 45.1 Å². The first kappa shape index (κ1) is 16.4. The van der Waals surface area contributed by atoms with Crippen LogP contribution in [0.5, 0.6) is 0 Å². The van der Waals surface area contributed by atoms with E-state index >= 15 is 0 Å². The van der Waals surface area contributed by atoms with Gasteiger partial charge in [-0.3, -0.25) is 0 Å². The van der Waals surface area contributed by atoms with Crippen LogP contribution in [0.15, 0.2) is 42.6 Å². The Kier molecular flexibility index (Phi) is 4.79. The molecule has 1 N–H and O–H groups in total. The SMILES string of the molecule is CN(C)c1ccc(CNC(=O)N2CCCC2c2cccn2C)cc1. The Morgan fingerprint density at radius 2 is 2.00 bits per heavy atom. The molecule has 1 atom stereocenters. The highest BCUT2D eigenvalue weighted by Gasteiger charge is 2.31. The quantitative estimate of drug-likeness (QED) is 0.938. The highest BCUT2D eigenvalue weighted by molar-refractivity contribution is 5.75. The molecule has 5 heteroatoms. The molecule has 0 saturated carbocycles. The van der Waals surface area contributed by atoms with E-state index in [1.807, 2.05) is 38.3 Å². The van der Waals surface area contributed by atoms with Crippen molar-refractivity contribution >= 4 is 11.7 Å². The maximum atomic E-state index is 12.6. The highest BCUT2D eigenvalue weighted by Crippen LogP contribution is 2.31. The van der Waals surface area contributed by atoms with Crippen LogP contribution in [0.1, 0.15) is 30.1 Å². The lowest BCUT2D eigenvalue weighted by Crippen LogP contribution is -2.39. The molecule has 1 aromatic heterocycles. The number of rotatable bonds is 4. The molecule has 0 aliphatic carbocycles. The molecule has 3 rings (SSSR count). The Morgan fingerprint density at radius 3 is 2.62 bits per heavy atom. The molecule has 0 radical (unpaired) electrons. The monoisotopic (exact) mass is 326 g/mol. The normalized spacial score (nSPS) is 17.1. The minimum Gasteiger partial charge on any atom is -0.378 e. The number of hydrogen-bond donors (Lipinski definition) is 1. The molecular weight excluding hydrogens is 300 g/mol. The predicted octanol–water partition coefficient (Wildman–Crippen LogP) is 3.14. The van der Waals surface area contributed by atoms with Crippen molar-refractivity contribution in [1.29, 1.82) is 0 Å². The summed E-state index contributed by atoms with van der Waals surface area (Å²) < 4.78 is 2.11. The Labute approximate surface area is 143 Å². The zero-order valence-electron chi connectivity index (χ0n) is 14.7. The summed E-state index contributed by atoms with van der Waals surface area (Å²) in [6.45, 7) is 1.38. The van der Waals surface area contributed by atoms with Crippen molar-refractivity contribution in [3.05, 3.63) is 53.9 Å². The van der Waals surface area contributed by atoms with Gasteiger partial charge in [0, 0.05) is 51.8 Å². The molecule has 2 amide bonds. The van der Waals surface area contributed by atoms with Gasteiger partial charge in [0.05, 0.1) is 6.04 Å². The average Bonchev–Trinajstić information content (AvgIpc) is 3.21. The van der Waals surface area contributed by atoms with Gasteiger partial charge >= 0.3 is 6.03 Å². The first-order chi connectivity index (χ1) is 11.6. The van der Waals surface area contributed by atoms with Crippen LogP contribution >= 0.6 is 0 Å². The molecule has 0 bridgehead atoms. The predicted molar refractivity (Wildman–Crippen MR) is 97.1 cm³/mol. The first-order valence-corrected chi connectivity index (χ1v) is 8.48. The van der Waals surface area contributed by atoms with Crippen molar-refractivity contribution < 1.29 is 4.79 Å². The molecule has 24 heavy (non-hydrogen) atoms. The zero-order chi connectivity index (χ0) is 17.1. The number of urea groups is 1. The van der Waals surface area contributed by atoms with Crippen LogP contribution in [0.2, 0.25) is 0 Å². The number of aryl methyl sites for hydroxylation is 1. The number of amides is 2. The van der Waals surface area contributed by atoms with Crippen molar-refractivity contribution in [2.75, 3.05) is 25.5 Å². The number of hydrogen-bond acceptors (Lipinski definition) is 2. The zero-order valence-corrected chi connectivity index (χ0v) is 14.7. The van der Waals surface area contributed by atoms with Crippen LogP contribution in [-0.4, -0.2) is 36.1 Å². The average molecular weight is 326 g/mol. The van der Waals surface area contributed by atoms with E-state index in [0.29, 0.717) is 6.54 Å². The van der Waals surface area contributed by atoms with E-state index in [1.165, 1.54) is 5.69 Å². The van der Waals surface area contributed by atoms with Gasteiger partial charge in [0.15, 0.2) is 0 Å². The van der Waals surface area contributed by atoms with Gasteiger partial charge in [-0.05, 0) is 42.7 Å². The lowest BCUT2D eigenvalue weighted by atomic mass is 10.1. The van der Waals surface area contributed by atoms with E-state index in [9.17, 15) is 4.79 Å². The lowest BCUT2D eigenvalue weighted by Gasteiger charge is -2.25. The van der Waals surface area contributed by atoms with Gasteiger partial charge in [0.1, 0.15) is 0 Å². The summed E-state index contributed by atoms with van der Waals surface area (Å²) in [5, 5.41) is 3.07. The van der Waals surface area contributed by atoms with Crippen LogP contribution < -0.4 is 10.2 Å². The van der Waals surface area contributed by atoms with Crippen LogP contribution in [0.25, 0.3) is 0 Å². The standard InChI is InChI=1S/C19H26N4O/c1-21(2)16-10-8-15(9-11-16)14-20-19(24)23-13-5-7-18(23)17-6-4-12-22(17)3/h4,6,8-12,18H,5,7,13-14H2,1-3H3,(H,20,24). The van der Waals surface area contributed by atoms with E-state index in [-0.39, 0.29) is 12.1 Å². The number of carbonyl (C=O) groups is 1. The number of nitrogens with one attached hydrogen (secondary N) is 1. The van der Waals surface area contributed by atoms with Gasteiger partial charge in [-0.2, -0.15) is 0 Å². The molecule has 2 heterocycles. The molecule has 1 saturated heterocycles. The number of anilines is 1. The number of benzene rings is 1. The molecule has 2 aromatic rings. The van der Waals surface area contributed by atoms with E-state index in [1.54, 1.807) is 0 Å². The molecule has 1 aliphatic rings. The molecule has 1 aliphatic heterocycles. The largest absolute Gasteiger partial charge is 0.378 e. The van der Waals surface area contributed by atoms with Crippen molar-refractivity contribution in [2.24, 2.45) is 7.05 Å². The van der Waals surface area contributed by atoms with Gasteiger partial charge in [0.2, 0.25) is 0 Å². The van der Waals surface area contributed by atoms with Crippen molar-refractivity contribution in [1.82, 2.24) is 14.8 Å². The minimum atomic E-state index is 0.0235. The van der Waals surface area contributed by atoms with Crippen molar-refractivity contribution in [2.45, 2.75) is 25.4 Å². The Balaban J connectivity index is 1.61. The molecule has 1 aromatic carbocycles. The fraction of sp³-hybridized carbons (Fsp3) is 0.421. The van der Waals surface area contributed by atoms with Crippen LogP contribution in [0.3, 0.4) is 0 Å². The van der Waals surface area contributed by atoms with Crippen LogP contribution in [0, 0.1) is 0 Å². The summed E-state index contributed by atoms with van der Waals surface area (Å²) in [7, 11) is 6.08. The molecule has 0 spiro atoms. The number of carbonyl (C=O) groups excluding carboxylic acids is 1. The Hall–Kier alpha value is -2.43. The maximum Gasteiger partial charge on any atom is 0.318 e. The van der Waals surface area contributed by atoms with Gasteiger partial charge in [-0.25, -0.2) is 4.79 Å². The summed E-state index contributed by atoms with van der Waals surface area (Å²) in [5.41, 5.74) is 3.48. The number of nitrogens with zero attached hydrogens (tertiary/aromatic N) is 3. The summed E-state index contributed by atoms with van der Waals surface area (Å²) in [5.74, 6) is 0. The number of aromatic nitrogens is 1. The Morgan fingerprint density at radius 1 is 1.25 bits per heavy atom. The second kappa shape index (κ2) is 6.99. The third-order valence-electron chi connectivity index (χ3n) is 4.74. The van der Waals surface area contributed by atoms with Gasteiger partial charge in [-0.15, -0.1) is 0 Å². The lowest BCUT2D eigenvalue weighted by molar-refractivity contribution is 0.191. The summed E-state index contributed by atoms with van der Waals surface area (Å²) in [6, 6.07) is 12.6. The first-order valence-electron chi connectivity index (χ1n) is 8.48. The molecule has 128 valence electrons. The second-order valence-corrected chi connectivity index (χ2v) is 6.61. The van der Waals surface area contributed by atoms with Crippen molar-refractivity contribution in [3.8, 4) is 0 Å². The fourth-order valence-corrected chi connectivity index (χ4v) is 3.33. The smallest absolute Gasteiger partial charge is 0.318 e. The van der Waals surface area contributed by atoms with Crippen LogP contribution in [-0.2, 0) is 13.6 Å². The molecule has 1 unspecified atom stereocenters. The maximum absolute atomic E-state index is 12.6. The minimum absolute atomic E-state index is 0.0235. The van der Waals surface area contributed by atoms with E-state index < -0.39 is 0 Å². The van der Waals surface area contributed by atoms with Gasteiger partial charge in [-0.1, -0.05) is 12.1 Å². The second-order valence-electron chi connectivity index (χ2n) is 6.61. The molecule has 1 fully saturated rings. The molecule has 5 nitrogen and oxygen atoms in total. The molecular formula is C19H26N4O. The highest BCUT2D eigenvalue weighted by atomic mass is 16.2. The van der Waals surface area contributed by atoms with Crippen LogP contribution in [0.4, 0.5) is 10.5 Å². The summed E-state index contributed by atoms with van der Waals surface area (Å²) >= 11 is 0. The summed E-state index contributed by atoms with van der Waals surface area (Å²) in [6.07, 6.45) is 4.12.